The van der Waals surface area contributed by atoms with Gasteiger partial charge in [0, 0.05) is 35.1 Å². The lowest BCUT2D eigenvalue weighted by Crippen LogP contribution is -2.48. The summed E-state index contributed by atoms with van der Waals surface area (Å²) in [4.78, 5) is 26.7. The van der Waals surface area contributed by atoms with Gasteiger partial charge in [-0.2, -0.15) is 5.10 Å². The third kappa shape index (κ3) is 4.58. The van der Waals surface area contributed by atoms with Gasteiger partial charge < -0.3 is 15.0 Å². The fourth-order valence-corrected chi connectivity index (χ4v) is 4.24. The van der Waals surface area contributed by atoms with Gasteiger partial charge in [-0.1, -0.05) is 41.9 Å². The first kappa shape index (κ1) is 22.1. The number of carbonyl (C=O) groups is 2. The molecule has 1 aliphatic heterocycles. The number of benzene rings is 2. The molecule has 2 aromatic carbocycles. The highest BCUT2D eigenvalue weighted by molar-refractivity contribution is 6.31. The van der Waals surface area contributed by atoms with Crippen molar-refractivity contribution in [2.45, 2.75) is 38.8 Å². The van der Waals surface area contributed by atoms with Crippen molar-refractivity contribution in [2.24, 2.45) is 0 Å². The number of nitrogens with zero attached hydrogens (tertiary/aromatic N) is 3. The molecular formula is C24H27ClN4O3. The number of likely N-dealkylation sites (tertiary alicyclic amines) is 1. The third-order valence-electron chi connectivity index (χ3n) is 5.83. The van der Waals surface area contributed by atoms with Gasteiger partial charge in [0.15, 0.2) is 0 Å². The molecule has 7 nitrogen and oxygen atoms in total. The van der Waals surface area contributed by atoms with Gasteiger partial charge >= 0.3 is 6.09 Å². The zero-order valence-corrected chi connectivity index (χ0v) is 19.0. The molecule has 32 heavy (non-hydrogen) atoms. The summed E-state index contributed by atoms with van der Waals surface area (Å²) in [6, 6.07) is 15.0. The molecule has 1 fully saturated rings. The van der Waals surface area contributed by atoms with Crippen LogP contribution in [0.15, 0.2) is 48.5 Å². The molecule has 0 aliphatic carbocycles. The molecule has 0 spiro atoms. The van der Waals surface area contributed by atoms with Crippen LogP contribution in [0.2, 0.25) is 5.02 Å². The second-order valence-corrected chi connectivity index (χ2v) is 8.40. The third-order valence-corrected chi connectivity index (χ3v) is 6.06. The predicted molar refractivity (Wildman–Crippen MR) is 125 cm³/mol. The average molecular weight is 455 g/mol. The Labute approximate surface area is 192 Å². The number of carbonyl (C=O) groups excluding carboxylic acids is 2. The van der Waals surface area contributed by atoms with E-state index in [-0.39, 0.29) is 18.0 Å². The highest BCUT2D eigenvalue weighted by Gasteiger charge is 2.27. The molecule has 0 bridgehead atoms. The Kier molecular flexibility index (Phi) is 6.65. The summed E-state index contributed by atoms with van der Waals surface area (Å²) in [5, 5.41) is 9.46. The van der Waals surface area contributed by atoms with Crippen LogP contribution >= 0.6 is 11.6 Å². The number of hydrogen-bond donors (Lipinski definition) is 1. The lowest BCUT2D eigenvalue weighted by molar-refractivity contribution is -0.125. The molecule has 0 radical (unpaired) electrons. The quantitative estimate of drug-likeness (QED) is 0.608. The highest BCUT2D eigenvalue weighted by Crippen LogP contribution is 2.31. The van der Waals surface area contributed by atoms with E-state index >= 15 is 0 Å². The first-order chi connectivity index (χ1) is 15.5. The maximum Gasteiger partial charge on any atom is 0.409 e. The molecule has 1 atom stereocenters. The van der Waals surface area contributed by atoms with Crippen LogP contribution in [0, 0.1) is 0 Å². The number of amides is 2. The Morgan fingerprint density at radius 1 is 1.19 bits per heavy atom. The molecule has 3 aromatic rings. The SMILES string of the molecule is CCOC(=O)N1CCC(NC(=O)[C@H](C)n2nc(-c3ccccc3)c3cc(Cl)ccc32)CC1. The zero-order valence-electron chi connectivity index (χ0n) is 18.3. The minimum absolute atomic E-state index is 0.0143. The normalized spacial score (nSPS) is 15.5. The van der Waals surface area contributed by atoms with Crippen molar-refractivity contribution in [3.63, 3.8) is 0 Å². The average Bonchev–Trinajstić information content (AvgIpc) is 3.18. The topological polar surface area (TPSA) is 76.5 Å². The van der Waals surface area contributed by atoms with Gasteiger partial charge in [0.25, 0.3) is 0 Å². The maximum atomic E-state index is 13.1. The largest absolute Gasteiger partial charge is 0.450 e. The van der Waals surface area contributed by atoms with Crippen molar-refractivity contribution in [3.05, 3.63) is 53.6 Å². The number of hydrogen-bond acceptors (Lipinski definition) is 4. The number of fused-ring (bicyclic) bond motifs is 1. The first-order valence-corrected chi connectivity index (χ1v) is 11.3. The van der Waals surface area contributed by atoms with E-state index in [1.54, 1.807) is 16.5 Å². The van der Waals surface area contributed by atoms with Crippen LogP contribution in [0.3, 0.4) is 0 Å². The molecule has 2 heterocycles. The fraction of sp³-hybridized carbons (Fsp3) is 0.375. The number of piperidine rings is 1. The van der Waals surface area contributed by atoms with E-state index in [2.05, 4.69) is 5.32 Å². The van der Waals surface area contributed by atoms with Crippen molar-refractivity contribution in [3.8, 4) is 11.3 Å². The van der Waals surface area contributed by atoms with Gasteiger partial charge in [-0.15, -0.1) is 0 Å². The summed E-state index contributed by atoms with van der Waals surface area (Å²) in [5.41, 5.74) is 2.62. The minimum Gasteiger partial charge on any atom is -0.450 e. The van der Waals surface area contributed by atoms with Crippen LogP contribution in [-0.2, 0) is 9.53 Å². The van der Waals surface area contributed by atoms with Crippen molar-refractivity contribution in [1.29, 1.82) is 0 Å². The number of halogens is 1. The van der Waals surface area contributed by atoms with E-state index in [4.69, 9.17) is 21.4 Å². The van der Waals surface area contributed by atoms with Crippen LogP contribution in [0.5, 0.6) is 0 Å². The van der Waals surface area contributed by atoms with E-state index in [1.165, 1.54) is 0 Å². The Balaban J connectivity index is 1.51. The predicted octanol–water partition coefficient (Wildman–Crippen LogP) is 4.65. The number of aromatic nitrogens is 2. The van der Waals surface area contributed by atoms with Gasteiger partial charge in [-0.05, 0) is 44.9 Å². The Morgan fingerprint density at radius 2 is 1.91 bits per heavy atom. The van der Waals surface area contributed by atoms with Gasteiger partial charge in [0.05, 0.1) is 12.1 Å². The molecule has 1 aromatic heterocycles. The highest BCUT2D eigenvalue weighted by atomic mass is 35.5. The Morgan fingerprint density at radius 3 is 2.59 bits per heavy atom. The van der Waals surface area contributed by atoms with Crippen LogP contribution in [0.4, 0.5) is 4.79 Å². The molecule has 0 saturated carbocycles. The summed E-state index contributed by atoms with van der Waals surface area (Å²) in [7, 11) is 0. The summed E-state index contributed by atoms with van der Waals surface area (Å²) < 4.78 is 6.82. The molecule has 8 heteroatoms. The van der Waals surface area contributed by atoms with Crippen LogP contribution < -0.4 is 5.32 Å². The fourth-order valence-electron chi connectivity index (χ4n) is 4.07. The van der Waals surface area contributed by atoms with E-state index in [0.717, 1.165) is 22.2 Å². The zero-order chi connectivity index (χ0) is 22.7. The van der Waals surface area contributed by atoms with Crippen LogP contribution in [0.1, 0.15) is 32.7 Å². The standard InChI is InChI=1S/C24H27ClN4O3/c1-3-32-24(31)28-13-11-19(12-14-28)26-23(30)16(2)29-21-10-9-18(25)15-20(21)22(27-29)17-7-5-4-6-8-17/h4-10,15-16,19H,3,11-14H2,1-2H3,(H,26,30)/t16-/m0/s1. The van der Waals surface area contributed by atoms with E-state index in [1.807, 2.05) is 55.5 Å². The molecule has 2 amide bonds. The minimum atomic E-state index is -0.501. The molecule has 1 saturated heterocycles. The Hall–Kier alpha value is -3.06. The first-order valence-electron chi connectivity index (χ1n) is 10.9. The lowest BCUT2D eigenvalue weighted by Gasteiger charge is -2.32. The van der Waals surface area contributed by atoms with Crippen molar-refractivity contribution in [1.82, 2.24) is 20.0 Å². The van der Waals surface area contributed by atoms with Gasteiger partial charge in [-0.3, -0.25) is 9.48 Å². The van der Waals surface area contributed by atoms with Crippen molar-refractivity contribution >= 4 is 34.5 Å². The molecule has 1 N–H and O–H groups in total. The van der Waals surface area contributed by atoms with E-state index in [0.29, 0.717) is 37.6 Å². The lowest BCUT2D eigenvalue weighted by atomic mass is 10.0. The summed E-state index contributed by atoms with van der Waals surface area (Å²) in [5.74, 6) is -0.0986. The van der Waals surface area contributed by atoms with Gasteiger partial charge in [0.1, 0.15) is 11.7 Å². The second-order valence-electron chi connectivity index (χ2n) is 7.97. The molecule has 0 unspecified atom stereocenters. The van der Waals surface area contributed by atoms with Gasteiger partial charge in [-0.25, -0.2) is 4.79 Å². The Bertz CT molecular complexity index is 1110. The van der Waals surface area contributed by atoms with Crippen molar-refractivity contribution < 1.29 is 14.3 Å². The van der Waals surface area contributed by atoms with E-state index < -0.39 is 6.04 Å². The van der Waals surface area contributed by atoms with E-state index in [9.17, 15) is 9.59 Å². The summed E-state index contributed by atoms with van der Waals surface area (Å²) in [6.45, 7) is 5.14. The number of rotatable bonds is 5. The molecule has 4 rings (SSSR count). The smallest absolute Gasteiger partial charge is 0.409 e. The maximum absolute atomic E-state index is 13.1. The summed E-state index contributed by atoms with van der Waals surface area (Å²) >= 11 is 6.26. The number of nitrogens with one attached hydrogen (secondary N) is 1. The number of ether oxygens (including phenoxy) is 1. The van der Waals surface area contributed by atoms with Crippen LogP contribution in [0.25, 0.3) is 22.2 Å². The monoisotopic (exact) mass is 454 g/mol. The van der Waals surface area contributed by atoms with Gasteiger partial charge in [0.2, 0.25) is 5.91 Å². The molecule has 168 valence electrons. The van der Waals surface area contributed by atoms with Crippen LogP contribution in [-0.4, -0.2) is 52.4 Å². The van der Waals surface area contributed by atoms with Crippen molar-refractivity contribution in [2.75, 3.05) is 19.7 Å². The molecule has 1 aliphatic rings. The molecular weight excluding hydrogens is 428 g/mol. The summed E-state index contributed by atoms with van der Waals surface area (Å²) in [6.07, 6.45) is 1.10. The second kappa shape index (κ2) is 9.61.